The van der Waals surface area contributed by atoms with E-state index in [9.17, 15) is 9.59 Å². The van der Waals surface area contributed by atoms with Gasteiger partial charge in [-0.3, -0.25) is 14.9 Å². The van der Waals surface area contributed by atoms with Gasteiger partial charge in [-0.05, 0) is 44.1 Å². The molecule has 1 aromatic heterocycles. The second-order valence-corrected chi connectivity index (χ2v) is 7.22. The Morgan fingerprint density at radius 3 is 2.81 bits per heavy atom. The summed E-state index contributed by atoms with van der Waals surface area (Å²) in [7, 11) is 0. The Balaban J connectivity index is 1.30. The Bertz CT molecular complexity index is 848. The Kier molecular flexibility index (Phi) is 5.21. The van der Waals surface area contributed by atoms with Gasteiger partial charge in [-0.2, -0.15) is 0 Å². The van der Waals surface area contributed by atoms with Crippen LogP contribution in [0.1, 0.15) is 33.7 Å². The van der Waals surface area contributed by atoms with E-state index in [1.54, 1.807) is 23.6 Å². The molecule has 1 aromatic carbocycles. The van der Waals surface area contributed by atoms with Crippen LogP contribution in [0, 0.1) is 0 Å². The summed E-state index contributed by atoms with van der Waals surface area (Å²) in [5.74, 6) is 0.617. The van der Waals surface area contributed by atoms with Crippen LogP contribution in [0.15, 0.2) is 23.6 Å². The maximum atomic E-state index is 12.4. The van der Waals surface area contributed by atoms with Crippen molar-refractivity contribution in [3.8, 4) is 11.5 Å². The summed E-state index contributed by atoms with van der Waals surface area (Å²) in [6.45, 7) is 3.80. The molecule has 8 nitrogen and oxygen atoms in total. The van der Waals surface area contributed by atoms with Crippen LogP contribution in [0.4, 0.5) is 5.13 Å². The van der Waals surface area contributed by atoms with E-state index in [1.807, 2.05) is 0 Å². The lowest BCUT2D eigenvalue weighted by atomic mass is 10.2. The van der Waals surface area contributed by atoms with E-state index < -0.39 is 0 Å². The van der Waals surface area contributed by atoms with E-state index in [2.05, 4.69) is 20.5 Å². The zero-order valence-electron chi connectivity index (χ0n) is 14.7. The molecular formula is C18H20N4O4S. The fraction of sp³-hybridized carbons (Fsp3) is 0.389. The molecule has 0 saturated carbocycles. The minimum absolute atomic E-state index is 0.156. The number of thiazole rings is 1. The van der Waals surface area contributed by atoms with E-state index in [1.165, 1.54) is 24.2 Å². The average molecular weight is 388 g/mol. The number of likely N-dealkylation sites (tertiary alicyclic amines) is 1. The number of nitrogens with zero attached hydrogens (tertiary/aromatic N) is 2. The zero-order chi connectivity index (χ0) is 18.6. The van der Waals surface area contributed by atoms with Crippen molar-refractivity contribution >= 4 is 28.3 Å². The number of anilines is 1. The number of rotatable bonds is 6. The first-order valence-corrected chi connectivity index (χ1v) is 9.74. The molecule has 2 aliphatic rings. The molecule has 1 fully saturated rings. The standard InChI is InChI=1S/C18H20N4O4S/c23-16(12-3-4-14-15(9-12)26-11-25-14)21-18-20-13(10-27-18)17(24)19-5-8-22-6-1-2-7-22/h3-4,9-10H,1-2,5-8,11H2,(H,19,24)(H,20,21,23). The van der Waals surface area contributed by atoms with Crippen molar-refractivity contribution in [2.45, 2.75) is 12.8 Å². The minimum atomic E-state index is -0.316. The average Bonchev–Trinajstić information content (AvgIpc) is 3.42. The highest BCUT2D eigenvalue weighted by atomic mass is 32.1. The Labute approximate surface area is 160 Å². The molecule has 0 bridgehead atoms. The first-order chi connectivity index (χ1) is 13.2. The first kappa shape index (κ1) is 17.7. The summed E-state index contributed by atoms with van der Waals surface area (Å²) in [5, 5.41) is 7.60. The minimum Gasteiger partial charge on any atom is -0.454 e. The third kappa shape index (κ3) is 4.20. The molecule has 0 atom stereocenters. The predicted molar refractivity (Wildman–Crippen MR) is 101 cm³/mol. The summed E-state index contributed by atoms with van der Waals surface area (Å²) in [6, 6.07) is 4.97. The molecule has 2 aliphatic heterocycles. The highest BCUT2D eigenvalue weighted by molar-refractivity contribution is 7.14. The molecule has 0 radical (unpaired) electrons. The monoisotopic (exact) mass is 388 g/mol. The molecule has 2 aromatic rings. The number of carbonyl (C=O) groups is 2. The van der Waals surface area contributed by atoms with Gasteiger partial charge >= 0.3 is 0 Å². The van der Waals surface area contributed by atoms with Gasteiger partial charge in [0.15, 0.2) is 16.6 Å². The Morgan fingerprint density at radius 1 is 1.15 bits per heavy atom. The van der Waals surface area contributed by atoms with E-state index in [0.29, 0.717) is 34.4 Å². The third-order valence-electron chi connectivity index (χ3n) is 4.50. The molecule has 1 saturated heterocycles. The van der Waals surface area contributed by atoms with Crippen molar-refractivity contribution in [3.05, 3.63) is 34.8 Å². The van der Waals surface area contributed by atoms with Crippen molar-refractivity contribution < 1.29 is 19.1 Å². The lowest BCUT2D eigenvalue weighted by Gasteiger charge is -2.14. The van der Waals surface area contributed by atoms with Crippen molar-refractivity contribution in [1.29, 1.82) is 0 Å². The number of fused-ring (bicyclic) bond motifs is 1. The second kappa shape index (κ2) is 7.93. The van der Waals surface area contributed by atoms with Gasteiger partial charge in [-0.15, -0.1) is 11.3 Å². The van der Waals surface area contributed by atoms with Gasteiger partial charge in [-0.1, -0.05) is 0 Å². The van der Waals surface area contributed by atoms with Crippen LogP contribution in [0.2, 0.25) is 0 Å². The van der Waals surface area contributed by atoms with Gasteiger partial charge in [-0.25, -0.2) is 4.98 Å². The molecule has 2 N–H and O–H groups in total. The van der Waals surface area contributed by atoms with Crippen molar-refractivity contribution in [2.24, 2.45) is 0 Å². The SMILES string of the molecule is O=C(Nc1nc(C(=O)NCCN2CCCC2)cs1)c1ccc2c(c1)OCO2. The van der Waals surface area contributed by atoms with Crippen molar-refractivity contribution in [2.75, 3.05) is 38.3 Å². The summed E-state index contributed by atoms with van der Waals surface area (Å²) < 4.78 is 10.5. The van der Waals surface area contributed by atoms with Crippen LogP contribution in [0.5, 0.6) is 11.5 Å². The van der Waals surface area contributed by atoms with Crippen LogP contribution >= 0.6 is 11.3 Å². The molecule has 2 amide bonds. The maximum Gasteiger partial charge on any atom is 0.270 e. The molecule has 0 spiro atoms. The zero-order valence-corrected chi connectivity index (χ0v) is 15.5. The Morgan fingerprint density at radius 2 is 1.96 bits per heavy atom. The normalized spacial score (nSPS) is 15.7. The largest absolute Gasteiger partial charge is 0.454 e. The van der Waals surface area contributed by atoms with Gasteiger partial charge in [0.25, 0.3) is 11.8 Å². The predicted octanol–water partition coefficient (Wildman–Crippen LogP) is 1.95. The Hall–Kier alpha value is -2.65. The highest BCUT2D eigenvalue weighted by Crippen LogP contribution is 2.32. The van der Waals surface area contributed by atoms with Gasteiger partial charge in [0.05, 0.1) is 0 Å². The topological polar surface area (TPSA) is 92.8 Å². The first-order valence-electron chi connectivity index (χ1n) is 8.86. The van der Waals surface area contributed by atoms with Crippen LogP contribution in [-0.4, -0.2) is 54.7 Å². The quantitative estimate of drug-likeness (QED) is 0.786. The molecule has 0 unspecified atom stereocenters. The lowest BCUT2D eigenvalue weighted by Crippen LogP contribution is -2.33. The van der Waals surface area contributed by atoms with E-state index in [-0.39, 0.29) is 18.6 Å². The lowest BCUT2D eigenvalue weighted by molar-refractivity contribution is 0.0944. The highest BCUT2D eigenvalue weighted by Gasteiger charge is 2.18. The van der Waals surface area contributed by atoms with Gasteiger partial charge in [0.1, 0.15) is 5.69 Å². The van der Waals surface area contributed by atoms with Crippen LogP contribution < -0.4 is 20.1 Å². The molecule has 27 heavy (non-hydrogen) atoms. The summed E-state index contributed by atoms with van der Waals surface area (Å²) in [4.78, 5) is 31.1. The number of carbonyl (C=O) groups excluding carboxylic acids is 2. The smallest absolute Gasteiger partial charge is 0.270 e. The number of hydrogen-bond donors (Lipinski definition) is 2. The third-order valence-corrected chi connectivity index (χ3v) is 5.26. The number of amides is 2. The number of nitrogens with one attached hydrogen (secondary N) is 2. The number of hydrogen-bond acceptors (Lipinski definition) is 7. The van der Waals surface area contributed by atoms with Gasteiger partial charge in [0, 0.05) is 24.0 Å². The number of ether oxygens (including phenoxy) is 2. The summed E-state index contributed by atoms with van der Waals surface area (Å²) in [6.07, 6.45) is 2.46. The summed E-state index contributed by atoms with van der Waals surface area (Å²) in [5.41, 5.74) is 0.744. The fourth-order valence-corrected chi connectivity index (χ4v) is 3.75. The summed E-state index contributed by atoms with van der Waals surface area (Å²) >= 11 is 1.21. The van der Waals surface area contributed by atoms with E-state index in [0.717, 1.165) is 19.6 Å². The van der Waals surface area contributed by atoms with Crippen molar-refractivity contribution in [3.63, 3.8) is 0 Å². The molecule has 9 heteroatoms. The molecule has 3 heterocycles. The number of aromatic nitrogens is 1. The van der Waals surface area contributed by atoms with E-state index in [4.69, 9.17) is 9.47 Å². The maximum absolute atomic E-state index is 12.4. The second-order valence-electron chi connectivity index (χ2n) is 6.36. The van der Waals surface area contributed by atoms with E-state index >= 15 is 0 Å². The van der Waals surface area contributed by atoms with Crippen LogP contribution in [0.3, 0.4) is 0 Å². The van der Waals surface area contributed by atoms with Crippen LogP contribution in [-0.2, 0) is 0 Å². The number of benzene rings is 1. The molecule has 142 valence electrons. The fourth-order valence-electron chi connectivity index (χ4n) is 3.07. The van der Waals surface area contributed by atoms with Gasteiger partial charge < -0.3 is 19.7 Å². The molecular weight excluding hydrogens is 368 g/mol. The molecule has 0 aliphatic carbocycles. The molecule has 4 rings (SSSR count). The van der Waals surface area contributed by atoms with Gasteiger partial charge in [0.2, 0.25) is 6.79 Å². The van der Waals surface area contributed by atoms with Crippen LogP contribution in [0.25, 0.3) is 0 Å². The van der Waals surface area contributed by atoms with Crippen molar-refractivity contribution in [1.82, 2.24) is 15.2 Å².